The van der Waals surface area contributed by atoms with Gasteiger partial charge in [-0.05, 0) is 72.1 Å². The number of anilines is 1. The predicted molar refractivity (Wildman–Crippen MR) is 170 cm³/mol. The second-order valence-electron chi connectivity index (χ2n) is 9.99. The molecule has 0 spiro atoms. The first kappa shape index (κ1) is 29.5. The predicted octanol–water partition coefficient (Wildman–Crippen LogP) is 5.09. The van der Waals surface area contributed by atoms with Crippen molar-refractivity contribution in [3.8, 4) is 17.6 Å². The Kier molecular flexibility index (Phi) is 9.45. The van der Waals surface area contributed by atoms with Crippen LogP contribution in [0.25, 0.3) is 0 Å². The van der Waals surface area contributed by atoms with E-state index in [1.807, 2.05) is 78.9 Å². The summed E-state index contributed by atoms with van der Waals surface area (Å²) in [6.45, 7) is 0.454. The van der Waals surface area contributed by atoms with Crippen molar-refractivity contribution >= 4 is 35.2 Å². The highest BCUT2D eigenvalue weighted by atomic mass is 32.2. The summed E-state index contributed by atoms with van der Waals surface area (Å²) in [4.78, 5) is 40.2. The van der Waals surface area contributed by atoms with E-state index >= 15 is 0 Å². The lowest BCUT2D eigenvalue weighted by molar-refractivity contribution is -0.124. The molecule has 8 heteroatoms. The molecule has 0 unspecified atom stereocenters. The van der Waals surface area contributed by atoms with Gasteiger partial charge in [0.2, 0.25) is 17.7 Å². The smallest absolute Gasteiger partial charge is 0.248 e. The fourth-order valence-corrected chi connectivity index (χ4v) is 6.21. The number of ether oxygens (including phenoxy) is 1. The van der Waals surface area contributed by atoms with Crippen LogP contribution >= 0.6 is 11.8 Å². The summed E-state index contributed by atoms with van der Waals surface area (Å²) in [6.07, 6.45) is 0.699. The van der Waals surface area contributed by atoms with Crippen molar-refractivity contribution in [1.82, 2.24) is 5.32 Å². The van der Waals surface area contributed by atoms with Crippen LogP contribution in [0.5, 0.6) is 5.75 Å². The quantitative estimate of drug-likeness (QED) is 0.265. The Labute approximate surface area is 255 Å². The Morgan fingerprint density at radius 1 is 0.907 bits per heavy atom. The summed E-state index contributed by atoms with van der Waals surface area (Å²) in [7, 11) is 1.62. The zero-order valence-electron chi connectivity index (χ0n) is 23.7. The van der Waals surface area contributed by atoms with Crippen molar-refractivity contribution in [1.29, 1.82) is 0 Å². The molecular weight excluding hydrogens is 558 g/mol. The van der Waals surface area contributed by atoms with E-state index in [4.69, 9.17) is 10.5 Å². The van der Waals surface area contributed by atoms with Crippen molar-refractivity contribution in [3.05, 3.63) is 131 Å². The SMILES string of the molecule is COc1ccc(CCNC(=O)C[C@H]2S[C@@H](c3ccc(C#Cc4ccccc4)cc3)N(c3cccc(C(N)=O)c3)C2=O)cc1. The average molecular weight is 590 g/mol. The summed E-state index contributed by atoms with van der Waals surface area (Å²) < 4.78 is 5.19. The second kappa shape index (κ2) is 13.8. The molecule has 4 aromatic carbocycles. The fourth-order valence-electron chi connectivity index (χ4n) is 4.76. The third-order valence-electron chi connectivity index (χ3n) is 7.04. The summed E-state index contributed by atoms with van der Waals surface area (Å²) in [6, 6.07) is 31.9. The molecule has 216 valence electrons. The molecule has 0 radical (unpaired) electrons. The molecule has 0 bridgehead atoms. The summed E-state index contributed by atoms with van der Waals surface area (Å²) in [5.41, 5.74) is 10.1. The molecule has 5 rings (SSSR count). The molecule has 43 heavy (non-hydrogen) atoms. The maximum absolute atomic E-state index is 13.8. The third kappa shape index (κ3) is 7.45. The van der Waals surface area contributed by atoms with Crippen molar-refractivity contribution in [3.63, 3.8) is 0 Å². The van der Waals surface area contributed by atoms with Crippen LogP contribution in [0.15, 0.2) is 103 Å². The molecule has 0 aliphatic carbocycles. The average Bonchev–Trinajstić information content (AvgIpc) is 3.36. The summed E-state index contributed by atoms with van der Waals surface area (Å²) >= 11 is 1.42. The van der Waals surface area contributed by atoms with Crippen molar-refractivity contribution in [2.75, 3.05) is 18.6 Å². The largest absolute Gasteiger partial charge is 0.497 e. The van der Waals surface area contributed by atoms with Crippen LogP contribution in [-0.4, -0.2) is 36.6 Å². The normalized spacial score (nSPS) is 15.8. The Morgan fingerprint density at radius 3 is 2.28 bits per heavy atom. The molecule has 3 amide bonds. The zero-order valence-corrected chi connectivity index (χ0v) is 24.5. The zero-order chi connectivity index (χ0) is 30.2. The molecule has 2 atom stereocenters. The van der Waals surface area contributed by atoms with Crippen LogP contribution < -0.4 is 20.7 Å². The minimum Gasteiger partial charge on any atom is -0.497 e. The first-order chi connectivity index (χ1) is 20.9. The van der Waals surface area contributed by atoms with Crippen molar-refractivity contribution < 1.29 is 19.1 Å². The van der Waals surface area contributed by atoms with E-state index in [0.29, 0.717) is 24.2 Å². The van der Waals surface area contributed by atoms with Gasteiger partial charge in [0.05, 0.1) is 12.4 Å². The third-order valence-corrected chi connectivity index (χ3v) is 8.47. The number of carbonyl (C=O) groups is 3. The van der Waals surface area contributed by atoms with Crippen LogP contribution in [0.3, 0.4) is 0 Å². The molecule has 1 saturated heterocycles. The lowest BCUT2D eigenvalue weighted by Gasteiger charge is -2.24. The van der Waals surface area contributed by atoms with Crippen LogP contribution in [0.2, 0.25) is 0 Å². The van der Waals surface area contributed by atoms with Crippen molar-refractivity contribution in [2.45, 2.75) is 23.5 Å². The molecule has 1 fully saturated rings. The van der Waals surface area contributed by atoms with Crippen LogP contribution in [-0.2, 0) is 16.0 Å². The number of nitrogens with one attached hydrogen (secondary N) is 1. The van der Waals surface area contributed by atoms with Gasteiger partial charge in [-0.3, -0.25) is 19.3 Å². The van der Waals surface area contributed by atoms with Gasteiger partial charge in [0.15, 0.2) is 0 Å². The van der Waals surface area contributed by atoms with Gasteiger partial charge >= 0.3 is 0 Å². The summed E-state index contributed by atoms with van der Waals surface area (Å²) in [5, 5.41) is 1.95. The number of benzene rings is 4. The number of nitrogens with two attached hydrogens (primary N) is 1. The molecule has 4 aromatic rings. The van der Waals surface area contributed by atoms with Gasteiger partial charge in [-0.1, -0.05) is 60.4 Å². The first-order valence-electron chi connectivity index (χ1n) is 13.9. The van der Waals surface area contributed by atoms with Gasteiger partial charge < -0.3 is 15.8 Å². The number of hydrogen-bond acceptors (Lipinski definition) is 5. The van der Waals surface area contributed by atoms with Gasteiger partial charge in [-0.15, -0.1) is 11.8 Å². The highest BCUT2D eigenvalue weighted by Gasteiger charge is 2.42. The molecular formula is C35H31N3O4S. The standard InChI is InChI=1S/C35H31N3O4S/c1-42-30-18-14-26(15-19-30)20-21-37-32(39)23-31-34(41)38(29-9-5-8-28(22-29)33(36)40)35(43-31)27-16-12-25(13-17-27)11-10-24-6-3-2-4-7-24/h2-9,12-19,22,31,35H,20-21,23H2,1H3,(H2,36,40)(H,37,39)/t31-,35+/m1/s1. The van der Waals surface area contributed by atoms with E-state index in [9.17, 15) is 14.4 Å². The summed E-state index contributed by atoms with van der Waals surface area (Å²) in [5.74, 6) is 6.13. The Morgan fingerprint density at radius 2 is 1.60 bits per heavy atom. The van der Waals surface area contributed by atoms with E-state index in [1.165, 1.54) is 11.8 Å². The fraction of sp³-hybridized carbons (Fsp3) is 0.171. The van der Waals surface area contributed by atoms with Gasteiger partial charge in [0.25, 0.3) is 0 Å². The first-order valence-corrected chi connectivity index (χ1v) is 14.8. The number of carbonyl (C=O) groups excluding carboxylic acids is 3. The van der Waals surface area contributed by atoms with E-state index in [0.717, 1.165) is 28.0 Å². The molecule has 0 aromatic heterocycles. The van der Waals surface area contributed by atoms with Gasteiger partial charge in [0.1, 0.15) is 11.1 Å². The van der Waals surface area contributed by atoms with Gasteiger partial charge in [-0.25, -0.2) is 0 Å². The number of nitrogens with zero attached hydrogens (tertiary/aromatic N) is 1. The van der Waals surface area contributed by atoms with Crippen LogP contribution in [0.4, 0.5) is 5.69 Å². The number of hydrogen-bond donors (Lipinski definition) is 2. The second-order valence-corrected chi connectivity index (χ2v) is 11.3. The molecule has 1 aliphatic heterocycles. The van der Waals surface area contributed by atoms with Gasteiger partial charge in [0, 0.05) is 35.3 Å². The van der Waals surface area contributed by atoms with Crippen LogP contribution in [0, 0.1) is 11.8 Å². The molecule has 0 saturated carbocycles. The number of primary amides is 1. The molecule has 7 nitrogen and oxygen atoms in total. The van der Waals surface area contributed by atoms with Crippen molar-refractivity contribution in [2.24, 2.45) is 5.73 Å². The van der Waals surface area contributed by atoms with E-state index in [1.54, 1.807) is 36.3 Å². The molecule has 1 heterocycles. The monoisotopic (exact) mass is 589 g/mol. The highest BCUT2D eigenvalue weighted by molar-refractivity contribution is 8.01. The minimum absolute atomic E-state index is 0.0370. The van der Waals surface area contributed by atoms with E-state index < -0.39 is 16.5 Å². The lowest BCUT2D eigenvalue weighted by Crippen LogP contribution is -2.34. The Hall–Kier alpha value is -5.00. The van der Waals surface area contributed by atoms with E-state index in [-0.39, 0.29) is 18.2 Å². The number of rotatable bonds is 9. The Bertz CT molecular complexity index is 1660. The topological polar surface area (TPSA) is 102 Å². The maximum Gasteiger partial charge on any atom is 0.248 e. The number of thioether (sulfide) groups is 1. The number of methoxy groups -OCH3 is 1. The maximum atomic E-state index is 13.8. The molecule has 1 aliphatic rings. The molecule has 3 N–H and O–H groups in total. The highest BCUT2D eigenvalue weighted by Crippen LogP contribution is 2.46. The van der Waals surface area contributed by atoms with Crippen LogP contribution in [0.1, 0.15) is 44.4 Å². The van der Waals surface area contributed by atoms with E-state index in [2.05, 4.69) is 17.2 Å². The Balaban J connectivity index is 1.31. The minimum atomic E-state index is -0.597. The number of amides is 3. The lowest BCUT2D eigenvalue weighted by atomic mass is 10.1. The van der Waals surface area contributed by atoms with Gasteiger partial charge in [-0.2, -0.15) is 0 Å².